The highest BCUT2D eigenvalue weighted by molar-refractivity contribution is 5.20. The molecule has 0 aliphatic carbocycles. The molecule has 1 aliphatic heterocycles. The van der Waals surface area contributed by atoms with Crippen LogP contribution in [0.25, 0.3) is 0 Å². The average Bonchev–Trinajstić information content (AvgIpc) is 2.26. The van der Waals surface area contributed by atoms with Crippen LogP contribution in [0, 0.1) is 5.92 Å². The lowest BCUT2D eigenvalue weighted by atomic mass is 10.1. The van der Waals surface area contributed by atoms with Crippen LogP contribution in [0.15, 0.2) is 6.20 Å². The molecule has 0 atom stereocenters. The first-order valence-electron chi connectivity index (χ1n) is 5.80. The van der Waals surface area contributed by atoms with Gasteiger partial charge in [0.1, 0.15) is 5.82 Å². The van der Waals surface area contributed by atoms with E-state index in [9.17, 15) is 0 Å². The summed E-state index contributed by atoms with van der Waals surface area (Å²) in [4.78, 5) is 9.05. The monoisotopic (exact) mass is 205 g/mol. The van der Waals surface area contributed by atoms with Gasteiger partial charge in [0.2, 0.25) is 0 Å². The Hall–Kier alpha value is -0.960. The molecule has 1 N–H and O–H groups in total. The Morgan fingerprint density at radius 3 is 3.13 bits per heavy atom. The van der Waals surface area contributed by atoms with Gasteiger partial charge in [0.15, 0.2) is 0 Å². The molecule has 3 heteroatoms. The van der Waals surface area contributed by atoms with E-state index in [1.165, 1.54) is 17.7 Å². The quantitative estimate of drug-likeness (QED) is 0.816. The standard InChI is InChI=1S/C12H19N3/c1-9(2)3-4-12-14-8-10-7-13-6-5-11(10)15-12/h8-9,13H,3-7H2,1-2H3. The normalized spacial score (nSPS) is 15.4. The lowest BCUT2D eigenvalue weighted by Crippen LogP contribution is -2.25. The van der Waals surface area contributed by atoms with Crippen molar-refractivity contribution in [3.63, 3.8) is 0 Å². The molecule has 15 heavy (non-hydrogen) atoms. The summed E-state index contributed by atoms with van der Waals surface area (Å²) in [6.45, 7) is 6.46. The summed E-state index contributed by atoms with van der Waals surface area (Å²) in [6, 6.07) is 0. The zero-order chi connectivity index (χ0) is 10.7. The van der Waals surface area contributed by atoms with Crippen molar-refractivity contribution >= 4 is 0 Å². The van der Waals surface area contributed by atoms with Crippen LogP contribution >= 0.6 is 0 Å². The number of fused-ring (bicyclic) bond motifs is 1. The molecule has 0 fully saturated rings. The second-order valence-electron chi connectivity index (χ2n) is 4.62. The second kappa shape index (κ2) is 4.71. The van der Waals surface area contributed by atoms with Gasteiger partial charge in [0.25, 0.3) is 0 Å². The van der Waals surface area contributed by atoms with Gasteiger partial charge in [0, 0.05) is 43.4 Å². The van der Waals surface area contributed by atoms with Gasteiger partial charge in [-0.05, 0) is 12.3 Å². The van der Waals surface area contributed by atoms with Crippen molar-refractivity contribution in [2.75, 3.05) is 6.54 Å². The van der Waals surface area contributed by atoms with Gasteiger partial charge in [-0.3, -0.25) is 0 Å². The first-order valence-corrected chi connectivity index (χ1v) is 5.80. The molecule has 0 radical (unpaired) electrons. The summed E-state index contributed by atoms with van der Waals surface area (Å²) >= 11 is 0. The zero-order valence-electron chi connectivity index (χ0n) is 9.58. The molecule has 3 nitrogen and oxygen atoms in total. The summed E-state index contributed by atoms with van der Waals surface area (Å²) in [5, 5.41) is 3.33. The molecular weight excluding hydrogens is 186 g/mol. The molecule has 2 rings (SSSR count). The highest BCUT2D eigenvalue weighted by Gasteiger charge is 2.11. The largest absolute Gasteiger partial charge is 0.312 e. The number of aromatic nitrogens is 2. The summed E-state index contributed by atoms with van der Waals surface area (Å²) < 4.78 is 0. The van der Waals surface area contributed by atoms with Crippen LogP contribution in [0.2, 0.25) is 0 Å². The van der Waals surface area contributed by atoms with Crippen molar-refractivity contribution in [1.29, 1.82) is 0 Å². The summed E-state index contributed by atoms with van der Waals surface area (Å²) in [7, 11) is 0. The number of nitrogens with zero attached hydrogens (tertiary/aromatic N) is 2. The fourth-order valence-electron chi connectivity index (χ4n) is 1.82. The lowest BCUT2D eigenvalue weighted by molar-refractivity contribution is 0.566. The van der Waals surface area contributed by atoms with E-state index in [1.54, 1.807) is 0 Å². The molecule has 0 spiro atoms. The van der Waals surface area contributed by atoms with Gasteiger partial charge >= 0.3 is 0 Å². The Morgan fingerprint density at radius 1 is 1.47 bits per heavy atom. The van der Waals surface area contributed by atoms with Crippen LogP contribution in [0.1, 0.15) is 37.4 Å². The van der Waals surface area contributed by atoms with Crippen LogP contribution in [0.4, 0.5) is 0 Å². The van der Waals surface area contributed by atoms with Gasteiger partial charge < -0.3 is 5.32 Å². The van der Waals surface area contributed by atoms with E-state index in [4.69, 9.17) is 0 Å². The smallest absolute Gasteiger partial charge is 0.128 e. The number of rotatable bonds is 3. The minimum atomic E-state index is 0.728. The Balaban J connectivity index is 2.07. The van der Waals surface area contributed by atoms with Crippen molar-refractivity contribution in [3.8, 4) is 0 Å². The van der Waals surface area contributed by atoms with E-state index in [0.29, 0.717) is 0 Å². The van der Waals surface area contributed by atoms with Crippen molar-refractivity contribution in [2.45, 2.75) is 39.7 Å². The molecule has 82 valence electrons. The number of hydrogen-bond donors (Lipinski definition) is 1. The Bertz CT molecular complexity index is 334. The third kappa shape index (κ3) is 2.75. The van der Waals surface area contributed by atoms with Crippen LogP contribution in [0.3, 0.4) is 0 Å². The Labute approximate surface area is 91.3 Å². The highest BCUT2D eigenvalue weighted by atomic mass is 14.9. The second-order valence-corrected chi connectivity index (χ2v) is 4.62. The maximum Gasteiger partial charge on any atom is 0.128 e. The molecule has 0 bridgehead atoms. The minimum absolute atomic E-state index is 0.728. The predicted molar refractivity (Wildman–Crippen MR) is 60.6 cm³/mol. The molecule has 1 aromatic rings. The fraction of sp³-hybridized carbons (Fsp3) is 0.667. The predicted octanol–water partition coefficient (Wildman–Crippen LogP) is 1.71. The maximum absolute atomic E-state index is 4.63. The van der Waals surface area contributed by atoms with Crippen molar-refractivity contribution in [2.24, 2.45) is 5.92 Å². The Morgan fingerprint density at radius 2 is 2.33 bits per heavy atom. The molecule has 0 unspecified atom stereocenters. The average molecular weight is 205 g/mol. The molecular formula is C12H19N3. The SMILES string of the molecule is CC(C)CCc1ncc2c(n1)CCNC2. The van der Waals surface area contributed by atoms with Crippen LogP contribution in [0.5, 0.6) is 0 Å². The molecule has 0 aromatic carbocycles. The van der Waals surface area contributed by atoms with Gasteiger partial charge in [-0.1, -0.05) is 13.8 Å². The molecule has 2 heterocycles. The van der Waals surface area contributed by atoms with E-state index in [1.807, 2.05) is 6.20 Å². The first-order chi connectivity index (χ1) is 7.25. The Kier molecular flexibility index (Phi) is 3.31. The van der Waals surface area contributed by atoms with Crippen LogP contribution in [-0.4, -0.2) is 16.5 Å². The zero-order valence-corrected chi connectivity index (χ0v) is 9.58. The molecule has 0 amide bonds. The number of hydrogen-bond acceptors (Lipinski definition) is 3. The summed E-state index contributed by atoms with van der Waals surface area (Å²) in [6.07, 6.45) is 5.23. The van der Waals surface area contributed by atoms with Crippen LogP contribution in [-0.2, 0) is 19.4 Å². The number of nitrogens with one attached hydrogen (secondary N) is 1. The molecule has 1 aliphatic rings. The van der Waals surface area contributed by atoms with E-state index >= 15 is 0 Å². The molecule has 0 saturated heterocycles. The van der Waals surface area contributed by atoms with Crippen molar-refractivity contribution < 1.29 is 0 Å². The summed E-state index contributed by atoms with van der Waals surface area (Å²) in [5.74, 6) is 1.75. The molecule has 0 saturated carbocycles. The van der Waals surface area contributed by atoms with Crippen LogP contribution < -0.4 is 5.32 Å². The molecule has 1 aromatic heterocycles. The van der Waals surface area contributed by atoms with E-state index in [2.05, 4.69) is 29.1 Å². The van der Waals surface area contributed by atoms with Gasteiger partial charge in [-0.2, -0.15) is 0 Å². The van der Waals surface area contributed by atoms with Gasteiger partial charge in [-0.15, -0.1) is 0 Å². The maximum atomic E-state index is 4.63. The lowest BCUT2D eigenvalue weighted by Gasteiger charge is -2.16. The first kappa shape index (κ1) is 10.6. The third-order valence-electron chi connectivity index (χ3n) is 2.80. The van der Waals surface area contributed by atoms with E-state index < -0.39 is 0 Å². The minimum Gasteiger partial charge on any atom is -0.312 e. The van der Waals surface area contributed by atoms with E-state index in [-0.39, 0.29) is 0 Å². The van der Waals surface area contributed by atoms with Gasteiger partial charge in [0.05, 0.1) is 0 Å². The fourth-order valence-corrected chi connectivity index (χ4v) is 1.82. The topological polar surface area (TPSA) is 37.8 Å². The van der Waals surface area contributed by atoms with Gasteiger partial charge in [-0.25, -0.2) is 9.97 Å². The van der Waals surface area contributed by atoms with Crippen molar-refractivity contribution in [3.05, 3.63) is 23.3 Å². The van der Waals surface area contributed by atoms with E-state index in [0.717, 1.165) is 37.7 Å². The third-order valence-corrected chi connectivity index (χ3v) is 2.80. The number of aryl methyl sites for hydroxylation is 1. The highest BCUT2D eigenvalue weighted by Crippen LogP contribution is 2.12. The van der Waals surface area contributed by atoms with Crippen molar-refractivity contribution in [1.82, 2.24) is 15.3 Å². The summed E-state index contributed by atoms with van der Waals surface area (Å²) in [5.41, 5.74) is 2.53.